The van der Waals surface area contributed by atoms with Gasteiger partial charge in [0.05, 0.1) is 107 Å². The molecule has 5 aromatic heterocycles. The fraction of sp³-hybridized carbons (Fsp3) is 0. The van der Waals surface area contributed by atoms with Crippen molar-refractivity contribution in [3.05, 3.63) is 369 Å². The van der Waals surface area contributed by atoms with Gasteiger partial charge in [-0.25, -0.2) is 0 Å². The van der Waals surface area contributed by atoms with Crippen molar-refractivity contribution in [1.29, 1.82) is 10.5 Å². The summed E-state index contributed by atoms with van der Waals surface area (Å²) in [5.41, 5.74) is 25.1. The van der Waals surface area contributed by atoms with Gasteiger partial charge in [-0.1, -0.05) is 255 Å². The Balaban J connectivity index is 1.11. The van der Waals surface area contributed by atoms with Crippen LogP contribution >= 0.6 is 0 Å². The SMILES string of the molecule is N#Cc1cc(C#N)cc(-c2c(-n3c4ccccc4c4ccccc43)c(-n3c4ccc(-c5ccccc5)cc4c4cc(-c5ccccc5)ccc43)c(-n3c4ccccc4c4ccccc43)c(-n3c4ccc(-c5ccccc5)cc4c4cc(-c5ccccc5)ccc43)c2-n2c3ccccc3c3ccccc32)c1. The summed E-state index contributed by atoms with van der Waals surface area (Å²) in [4.78, 5) is 0. The Bertz CT molecular complexity index is 6550. The number of nitrogens with zero attached hydrogens (tertiary/aromatic N) is 7. The number of nitriles is 2. The van der Waals surface area contributed by atoms with Gasteiger partial charge < -0.3 is 22.8 Å². The van der Waals surface area contributed by atoms with Gasteiger partial charge in [-0.15, -0.1) is 0 Å². The van der Waals surface area contributed by atoms with E-state index in [1.54, 1.807) is 6.07 Å². The molecule has 0 unspecified atom stereocenters. The Labute approximate surface area is 603 Å². The van der Waals surface area contributed by atoms with Crippen LogP contribution in [-0.2, 0) is 0 Å². The minimum Gasteiger partial charge on any atom is -0.306 e. The Kier molecular flexibility index (Phi) is 13.3. The zero-order valence-electron chi connectivity index (χ0n) is 56.7. The normalized spacial score (nSPS) is 11.8. The van der Waals surface area contributed by atoms with Crippen molar-refractivity contribution in [1.82, 2.24) is 22.8 Å². The zero-order valence-corrected chi connectivity index (χ0v) is 56.7. The minimum absolute atomic E-state index is 0.359. The highest BCUT2D eigenvalue weighted by molar-refractivity contribution is 6.20. The Hall–Kier alpha value is -14.5. The van der Waals surface area contributed by atoms with Gasteiger partial charge in [0.1, 0.15) is 0 Å². The summed E-state index contributed by atoms with van der Waals surface area (Å²) in [5, 5.41) is 33.9. The monoisotopic (exact) mass is 1330 g/mol. The highest BCUT2D eigenvalue weighted by Crippen LogP contribution is 2.55. The van der Waals surface area contributed by atoms with Crippen LogP contribution in [0.2, 0.25) is 0 Å². The second kappa shape index (κ2) is 23.6. The van der Waals surface area contributed by atoms with Crippen LogP contribution in [0.1, 0.15) is 11.1 Å². The van der Waals surface area contributed by atoms with Gasteiger partial charge >= 0.3 is 0 Å². The van der Waals surface area contributed by atoms with Gasteiger partial charge in [-0.05, 0) is 153 Å². The molecule has 0 saturated carbocycles. The Morgan fingerprint density at radius 3 is 0.619 bits per heavy atom. The van der Waals surface area contributed by atoms with Gasteiger partial charge in [-0.2, -0.15) is 10.5 Å². The van der Waals surface area contributed by atoms with Crippen molar-refractivity contribution < 1.29 is 0 Å². The van der Waals surface area contributed by atoms with Crippen molar-refractivity contribution >= 4 is 109 Å². The third kappa shape index (κ3) is 9.03. The number of aromatic nitrogens is 5. The lowest BCUT2D eigenvalue weighted by Crippen LogP contribution is -2.18. The van der Waals surface area contributed by atoms with Crippen molar-refractivity contribution in [3.8, 4) is 96.2 Å². The molecule has 7 nitrogen and oxygen atoms in total. The van der Waals surface area contributed by atoms with E-state index in [1.807, 2.05) is 12.1 Å². The molecule has 0 N–H and O–H groups in total. The molecule has 0 aliphatic carbocycles. The molecular formula is C98H59N7. The van der Waals surface area contributed by atoms with Gasteiger partial charge in [0, 0.05) is 59.4 Å². The fourth-order valence-corrected chi connectivity index (χ4v) is 17.2. The smallest absolute Gasteiger partial charge is 0.0992 e. The first-order valence-corrected chi connectivity index (χ1v) is 35.6. The molecule has 0 aliphatic rings. The molecule has 16 aromatic carbocycles. The van der Waals surface area contributed by atoms with Crippen LogP contribution in [0.3, 0.4) is 0 Å². The lowest BCUT2D eigenvalue weighted by molar-refractivity contribution is 1.00. The second-order valence-electron chi connectivity index (χ2n) is 27.3. The van der Waals surface area contributed by atoms with Crippen molar-refractivity contribution in [2.24, 2.45) is 0 Å². The first-order chi connectivity index (χ1) is 52.0. The predicted octanol–water partition coefficient (Wildman–Crippen LogP) is 25.3. The molecule has 486 valence electrons. The lowest BCUT2D eigenvalue weighted by Gasteiger charge is -2.32. The maximum absolute atomic E-state index is 11.6. The molecule has 0 saturated heterocycles. The summed E-state index contributed by atoms with van der Waals surface area (Å²) in [6, 6.07) is 135. The van der Waals surface area contributed by atoms with Crippen LogP contribution in [0.15, 0.2) is 358 Å². The van der Waals surface area contributed by atoms with Gasteiger partial charge in [0.15, 0.2) is 0 Å². The molecule has 21 rings (SSSR count). The van der Waals surface area contributed by atoms with Crippen LogP contribution < -0.4 is 0 Å². The van der Waals surface area contributed by atoms with Crippen LogP contribution in [-0.4, -0.2) is 22.8 Å². The van der Waals surface area contributed by atoms with Crippen molar-refractivity contribution in [3.63, 3.8) is 0 Å². The highest BCUT2D eigenvalue weighted by atomic mass is 15.2. The molecular weight excluding hydrogens is 1280 g/mol. The van der Waals surface area contributed by atoms with E-state index < -0.39 is 0 Å². The van der Waals surface area contributed by atoms with E-state index in [4.69, 9.17) is 0 Å². The number of para-hydroxylation sites is 6. The Morgan fingerprint density at radius 2 is 0.371 bits per heavy atom. The van der Waals surface area contributed by atoms with Gasteiger partial charge in [0.2, 0.25) is 0 Å². The average Bonchev–Trinajstić information content (AvgIpc) is 1.56. The molecule has 0 amide bonds. The van der Waals surface area contributed by atoms with E-state index in [1.165, 1.54) is 0 Å². The summed E-state index contributed by atoms with van der Waals surface area (Å²) in [6.45, 7) is 0. The van der Waals surface area contributed by atoms with E-state index in [9.17, 15) is 10.5 Å². The molecule has 21 aromatic rings. The van der Waals surface area contributed by atoms with Crippen molar-refractivity contribution in [2.45, 2.75) is 0 Å². The predicted molar refractivity (Wildman–Crippen MR) is 435 cm³/mol. The maximum Gasteiger partial charge on any atom is 0.0992 e. The average molecular weight is 1330 g/mol. The highest BCUT2D eigenvalue weighted by Gasteiger charge is 2.37. The molecule has 0 aliphatic heterocycles. The number of hydrogen-bond donors (Lipinski definition) is 0. The van der Waals surface area contributed by atoms with E-state index in [0.29, 0.717) is 16.7 Å². The van der Waals surface area contributed by atoms with E-state index >= 15 is 0 Å². The van der Waals surface area contributed by atoms with E-state index in [2.05, 4.69) is 375 Å². The molecule has 5 heterocycles. The number of benzene rings is 16. The van der Waals surface area contributed by atoms with Crippen LogP contribution in [0.25, 0.3) is 193 Å². The molecule has 0 atom stereocenters. The fourth-order valence-electron chi connectivity index (χ4n) is 17.2. The number of fused-ring (bicyclic) bond motifs is 15. The van der Waals surface area contributed by atoms with Crippen LogP contribution in [0.5, 0.6) is 0 Å². The van der Waals surface area contributed by atoms with E-state index in [0.717, 1.165) is 188 Å². The summed E-state index contributed by atoms with van der Waals surface area (Å²) in [6.07, 6.45) is 0. The third-order valence-corrected chi connectivity index (χ3v) is 21.7. The van der Waals surface area contributed by atoms with Crippen LogP contribution in [0, 0.1) is 22.7 Å². The molecule has 0 bridgehead atoms. The molecule has 7 heteroatoms. The molecule has 0 fully saturated rings. The summed E-state index contributed by atoms with van der Waals surface area (Å²) >= 11 is 0. The standard InChI is InChI=1S/C98H59N7/c99-60-62-53-63(61-100)55-72(54-62)93-94(101-83-39-19-13-33-73(83)74-34-14-20-40-84(74)101)96(104-89-49-45-68(64-25-5-1-6-26-64)56-79(89)80-57-69(46-50-90(80)104)65-27-7-2-8-28-65)98(103-87-43-23-17-37-77(87)78-38-18-24-44-88(78)103)97(95(93)102-85-41-21-15-35-75(85)76-36-16-22-42-86(76)102)105-91-51-47-70(66-29-9-3-10-30-66)58-81(91)82-59-71(48-52-92(82)105)67-31-11-4-12-32-67/h1-59H. The summed E-state index contributed by atoms with van der Waals surface area (Å²) < 4.78 is 12.7. The van der Waals surface area contributed by atoms with Crippen LogP contribution in [0.4, 0.5) is 0 Å². The maximum atomic E-state index is 11.6. The van der Waals surface area contributed by atoms with Gasteiger partial charge in [0.25, 0.3) is 0 Å². The van der Waals surface area contributed by atoms with Crippen molar-refractivity contribution in [2.75, 3.05) is 0 Å². The molecule has 105 heavy (non-hydrogen) atoms. The summed E-state index contributed by atoms with van der Waals surface area (Å²) in [5.74, 6) is 0. The second-order valence-corrected chi connectivity index (χ2v) is 27.3. The number of hydrogen-bond acceptors (Lipinski definition) is 2. The number of rotatable bonds is 10. The summed E-state index contributed by atoms with van der Waals surface area (Å²) in [7, 11) is 0. The largest absolute Gasteiger partial charge is 0.306 e. The Morgan fingerprint density at radius 1 is 0.162 bits per heavy atom. The topological polar surface area (TPSA) is 72.2 Å². The molecule has 0 spiro atoms. The van der Waals surface area contributed by atoms with Gasteiger partial charge in [-0.3, -0.25) is 0 Å². The lowest BCUT2D eigenvalue weighted by atomic mass is 9.92. The molecule has 0 radical (unpaired) electrons. The first-order valence-electron chi connectivity index (χ1n) is 35.6. The first kappa shape index (κ1) is 59.4. The third-order valence-electron chi connectivity index (χ3n) is 21.7. The minimum atomic E-state index is 0.359. The quantitative estimate of drug-likeness (QED) is 0.137. The van der Waals surface area contributed by atoms with E-state index in [-0.39, 0.29) is 0 Å². The zero-order chi connectivity index (χ0) is 69.4.